The quantitative estimate of drug-likeness (QED) is 0.438. The Labute approximate surface area is 105 Å². The van der Waals surface area contributed by atoms with Gasteiger partial charge in [0.05, 0.1) is 12.6 Å². The van der Waals surface area contributed by atoms with Gasteiger partial charge in [-0.3, -0.25) is 4.79 Å². The zero-order chi connectivity index (χ0) is 13.3. The molecule has 2 aliphatic heterocycles. The molecule has 2 aliphatic rings. The number of amides is 1. The van der Waals surface area contributed by atoms with Gasteiger partial charge in [0.15, 0.2) is 0 Å². The van der Waals surface area contributed by atoms with Gasteiger partial charge in [-0.1, -0.05) is 0 Å². The lowest BCUT2D eigenvalue weighted by molar-refractivity contribution is -0.160. The number of fused-ring (bicyclic) bond motifs is 1. The van der Waals surface area contributed by atoms with Gasteiger partial charge in [-0.15, -0.1) is 0 Å². The van der Waals surface area contributed by atoms with Crippen molar-refractivity contribution in [1.29, 1.82) is 0 Å². The fraction of sp³-hybridized carbons (Fsp3) is 0.778. The molecule has 0 saturated carbocycles. The van der Waals surface area contributed by atoms with Crippen LogP contribution in [0, 0.1) is 0 Å². The van der Waals surface area contributed by atoms with E-state index in [0.717, 1.165) is 0 Å². The van der Waals surface area contributed by atoms with E-state index in [-0.39, 0.29) is 38.8 Å². The number of rotatable bonds is 1. The maximum atomic E-state index is 11.7. The van der Waals surface area contributed by atoms with Gasteiger partial charge < -0.3 is 9.64 Å². The second-order valence-corrected chi connectivity index (χ2v) is 5.80. The molecule has 0 aromatic heterocycles. The fourth-order valence-electron chi connectivity index (χ4n) is 2.11. The Morgan fingerprint density at radius 3 is 2.78 bits per heavy atom. The SMILES string of the molecule is CCOC(=O)C(=O)N1CCN2C(CNS2(=O)=O)C1. The second-order valence-electron chi connectivity index (χ2n) is 4.09. The van der Waals surface area contributed by atoms with E-state index in [1.165, 1.54) is 9.21 Å². The summed E-state index contributed by atoms with van der Waals surface area (Å²) >= 11 is 0. The first-order valence-electron chi connectivity index (χ1n) is 5.68. The topological polar surface area (TPSA) is 96.0 Å². The highest BCUT2D eigenvalue weighted by atomic mass is 32.2. The monoisotopic (exact) mass is 277 g/mol. The Balaban J connectivity index is 2.01. The summed E-state index contributed by atoms with van der Waals surface area (Å²) in [6.45, 7) is 2.64. The van der Waals surface area contributed by atoms with Crippen LogP contribution in [0.4, 0.5) is 0 Å². The van der Waals surface area contributed by atoms with Gasteiger partial charge in [-0.2, -0.15) is 12.7 Å². The summed E-state index contributed by atoms with van der Waals surface area (Å²) in [5.41, 5.74) is 0. The van der Waals surface area contributed by atoms with E-state index in [2.05, 4.69) is 9.46 Å². The van der Waals surface area contributed by atoms with Gasteiger partial charge in [0.25, 0.3) is 10.2 Å². The van der Waals surface area contributed by atoms with Crippen molar-refractivity contribution in [2.45, 2.75) is 13.0 Å². The largest absolute Gasteiger partial charge is 0.459 e. The van der Waals surface area contributed by atoms with Crippen LogP contribution >= 0.6 is 0 Å². The van der Waals surface area contributed by atoms with Crippen LogP contribution in [-0.4, -0.2) is 68.3 Å². The molecule has 9 heteroatoms. The van der Waals surface area contributed by atoms with E-state index >= 15 is 0 Å². The van der Waals surface area contributed by atoms with Crippen molar-refractivity contribution in [2.75, 3.05) is 32.8 Å². The summed E-state index contributed by atoms with van der Waals surface area (Å²) in [6.07, 6.45) is 0. The van der Waals surface area contributed by atoms with Gasteiger partial charge in [0.1, 0.15) is 0 Å². The number of hydrogen-bond acceptors (Lipinski definition) is 5. The van der Waals surface area contributed by atoms with Gasteiger partial charge in [0, 0.05) is 26.2 Å². The van der Waals surface area contributed by atoms with Crippen LogP contribution in [0.25, 0.3) is 0 Å². The first kappa shape index (κ1) is 13.2. The lowest BCUT2D eigenvalue weighted by Crippen LogP contribution is -2.55. The van der Waals surface area contributed by atoms with Crippen LogP contribution in [0.5, 0.6) is 0 Å². The van der Waals surface area contributed by atoms with E-state index < -0.39 is 22.1 Å². The minimum absolute atomic E-state index is 0.143. The Morgan fingerprint density at radius 1 is 1.39 bits per heavy atom. The summed E-state index contributed by atoms with van der Waals surface area (Å²) in [6, 6.07) is -0.304. The molecule has 1 atom stereocenters. The van der Waals surface area contributed by atoms with Crippen molar-refractivity contribution in [1.82, 2.24) is 13.9 Å². The van der Waals surface area contributed by atoms with Crippen LogP contribution < -0.4 is 4.72 Å². The number of ether oxygens (including phenoxy) is 1. The molecular formula is C9H15N3O5S. The Morgan fingerprint density at radius 2 is 2.11 bits per heavy atom. The number of nitrogens with one attached hydrogen (secondary N) is 1. The molecule has 1 unspecified atom stereocenters. The van der Waals surface area contributed by atoms with Crippen molar-refractivity contribution < 1.29 is 22.7 Å². The molecule has 0 aliphatic carbocycles. The molecule has 0 aromatic rings. The second kappa shape index (κ2) is 4.82. The first-order valence-corrected chi connectivity index (χ1v) is 7.12. The third-order valence-electron chi connectivity index (χ3n) is 2.98. The van der Waals surface area contributed by atoms with E-state index in [9.17, 15) is 18.0 Å². The standard InChI is InChI=1S/C9H15N3O5S/c1-2-17-9(14)8(13)11-3-4-12-7(6-11)5-10-18(12,15)16/h7,10H,2-6H2,1H3. The van der Waals surface area contributed by atoms with E-state index in [4.69, 9.17) is 0 Å². The summed E-state index contributed by atoms with van der Waals surface area (Å²) in [5.74, 6) is -1.60. The number of piperazine rings is 1. The van der Waals surface area contributed by atoms with E-state index in [0.29, 0.717) is 0 Å². The lowest BCUT2D eigenvalue weighted by atomic mass is 10.2. The summed E-state index contributed by atoms with van der Waals surface area (Å²) in [7, 11) is -3.40. The summed E-state index contributed by atoms with van der Waals surface area (Å²) < 4.78 is 31.4. The highest BCUT2D eigenvalue weighted by Gasteiger charge is 2.42. The molecule has 2 heterocycles. The smallest absolute Gasteiger partial charge is 0.397 e. The molecule has 1 amide bonds. The van der Waals surface area contributed by atoms with Gasteiger partial charge in [-0.25, -0.2) is 9.52 Å². The van der Waals surface area contributed by atoms with E-state index in [1.54, 1.807) is 6.92 Å². The van der Waals surface area contributed by atoms with Crippen LogP contribution in [0.3, 0.4) is 0 Å². The normalized spacial score (nSPS) is 26.7. The third-order valence-corrected chi connectivity index (χ3v) is 4.61. The van der Waals surface area contributed by atoms with Crippen LogP contribution in [-0.2, 0) is 24.5 Å². The molecule has 8 nitrogen and oxygen atoms in total. The molecule has 2 saturated heterocycles. The minimum Gasteiger partial charge on any atom is -0.459 e. The Kier molecular flexibility index (Phi) is 3.55. The maximum Gasteiger partial charge on any atom is 0.397 e. The maximum absolute atomic E-state index is 11.7. The van der Waals surface area contributed by atoms with E-state index in [1.807, 2.05) is 0 Å². The molecule has 0 bridgehead atoms. The number of carbonyl (C=O) groups is 2. The Hall–Kier alpha value is -1.19. The van der Waals surface area contributed by atoms with Crippen LogP contribution in [0.15, 0.2) is 0 Å². The van der Waals surface area contributed by atoms with Crippen LogP contribution in [0.1, 0.15) is 6.92 Å². The number of hydrogen-bond donors (Lipinski definition) is 1. The van der Waals surface area contributed by atoms with Crippen molar-refractivity contribution in [3.05, 3.63) is 0 Å². The average molecular weight is 277 g/mol. The van der Waals surface area contributed by atoms with Crippen molar-refractivity contribution in [3.63, 3.8) is 0 Å². The molecule has 0 aromatic carbocycles. The average Bonchev–Trinajstić information content (AvgIpc) is 2.64. The molecular weight excluding hydrogens is 262 g/mol. The van der Waals surface area contributed by atoms with Crippen LogP contribution in [0.2, 0.25) is 0 Å². The minimum atomic E-state index is -3.40. The molecule has 102 valence electrons. The first-order chi connectivity index (χ1) is 8.45. The molecule has 2 rings (SSSR count). The fourth-order valence-corrected chi connectivity index (χ4v) is 3.54. The van der Waals surface area contributed by atoms with Gasteiger partial charge in [0.2, 0.25) is 0 Å². The summed E-state index contributed by atoms with van der Waals surface area (Å²) in [5, 5.41) is 0. The van der Waals surface area contributed by atoms with Crippen molar-refractivity contribution >= 4 is 22.1 Å². The number of esters is 1. The third kappa shape index (κ3) is 2.33. The lowest BCUT2D eigenvalue weighted by Gasteiger charge is -2.34. The Bertz CT molecular complexity index is 463. The molecule has 0 spiro atoms. The molecule has 2 fully saturated rings. The van der Waals surface area contributed by atoms with Gasteiger partial charge >= 0.3 is 11.9 Å². The zero-order valence-electron chi connectivity index (χ0n) is 9.96. The highest BCUT2D eigenvalue weighted by Crippen LogP contribution is 2.18. The molecule has 18 heavy (non-hydrogen) atoms. The predicted octanol–water partition coefficient (Wildman–Crippen LogP) is -2.09. The molecule has 0 radical (unpaired) electrons. The van der Waals surface area contributed by atoms with Gasteiger partial charge in [-0.05, 0) is 6.92 Å². The number of carbonyl (C=O) groups excluding carboxylic acids is 2. The highest BCUT2D eigenvalue weighted by molar-refractivity contribution is 7.87. The zero-order valence-corrected chi connectivity index (χ0v) is 10.8. The summed E-state index contributed by atoms with van der Waals surface area (Å²) in [4.78, 5) is 24.3. The predicted molar refractivity (Wildman–Crippen MR) is 60.6 cm³/mol. The molecule has 1 N–H and O–H groups in total. The van der Waals surface area contributed by atoms with Crippen molar-refractivity contribution in [3.8, 4) is 0 Å². The number of nitrogens with zero attached hydrogens (tertiary/aromatic N) is 2. The van der Waals surface area contributed by atoms with Crippen molar-refractivity contribution in [2.24, 2.45) is 0 Å².